The summed E-state index contributed by atoms with van der Waals surface area (Å²) in [6, 6.07) is 8.07. The van der Waals surface area contributed by atoms with Gasteiger partial charge in [-0.1, -0.05) is 34.1 Å². The molecule has 0 bridgehead atoms. The minimum Gasteiger partial charge on any atom is -0.373 e. The van der Waals surface area contributed by atoms with Gasteiger partial charge in [0.05, 0.1) is 0 Å². The van der Waals surface area contributed by atoms with Gasteiger partial charge in [-0.15, -0.1) is 0 Å². The SMILES string of the molecule is CNc1nc(-c2ccccc2Br)nc2c1CCC2. The maximum absolute atomic E-state index is 4.71. The molecule has 18 heavy (non-hydrogen) atoms. The number of hydrogen-bond donors (Lipinski definition) is 1. The van der Waals surface area contributed by atoms with Crippen molar-refractivity contribution in [3.05, 3.63) is 40.0 Å². The Morgan fingerprint density at radius 1 is 1.17 bits per heavy atom. The molecule has 0 fully saturated rings. The minimum absolute atomic E-state index is 0.799. The lowest BCUT2D eigenvalue weighted by Crippen LogP contribution is -2.03. The van der Waals surface area contributed by atoms with E-state index in [2.05, 4.69) is 26.2 Å². The van der Waals surface area contributed by atoms with E-state index in [1.165, 1.54) is 17.7 Å². The fourth-order valence-corrected chi connectivity index (χ4v) is 2.86. The summed E-state index contributed by atoms with van der Waals surface area (Å²) in [5.74, 6) is 1.77. The first kappa shape index (κ1) is 11.7. The highest BCUT2D eigenvalue weighted by Crippen LogP contribution is 2.31. The zero-order valence-electron chi connectivity index (χ0n) is 10.2. The molecule has 0 saturated carbocycles. The lowest BCUT2D eigenvalue weighted by atomic mass is 10.2. The van der Waals surface area contributed by atoms with Crippen LogP contribution in [0.5, 0.6) is 0 Å². The maximum Gasteiger partial charge on any atom is 0.162 e. The van der Waals surface area contributed by atoms with Crippen LogP contribution in [0.25, 0.3) is 11.4 Å². The summed E-state index contributed by atoms with van der Waals surface area (Å²) in [7, 11) is 1.92. The Balaban J connectivity index is 2.17. The molecule has 4 heteroatoms. The van der Waals surface area contributed by atoms with E-state index in [9.17, 15) is 0 Å². The second-order valence-corrected chi connectivity index (χ2v) is 5.26. The monoisotopic (exact) mass is 303 g/mol. The van der Waals surface area contributed by atoms with E-state index in [-0.39, 0.29) is 0 Å². The predicted octanol–water partition coefficient (Wildman–Crippen LogP) is 3.44. The number of nitrogens with one attached hydrogen (secondary N) is 1. The maximum atomic E-state index is 4.71. The average molecular weight is 304 g/mol. The molecular weight excluding hydrogens is 290 g/mol. The topological polar surface area (TPSA) is 37.8 Å². The van der Waals surface area contributed by atoms with Gasteiger partial charge in [0.1, 0.15) is 5.82 Å². The number of aromatic nitrogens is 2. The molecule has 0 amide bonds. The van der Waals surface area contributed by atoms with E-state index >= 15 is 0 Å². The number of halogens is 1. The normalized spacial score (nSPS) is 13.4. The van der Waals surface area contributed by atoms with Crippen molar-refractivity contribution >= 4 is 21.7 Å². The van der Waals surface area contributed by atoms with Gasteiger partial charge in [-0.25, -0.2) is 9.97 Å². The Hall–Kier alpha value is -1.42. The summed E-state index contributed by atoms with van der Waals surface area (Å²) in [6.45, 7) is 0. The molecule has 92 valence electrons. The van der Waals surface area contributed by atoms with Gasteiger partial charge in [-0.3, -0.25) is 0 Å². The molecule has 0 unspecified atom stereocenters. The Labute approximate surface area is 115 Å². The molecule has 1 aromatic carbocycles. The van der Waals surface area contributed by atoms with Crippen LogP contribution < -0.4 is 5.32 Å². The number of rotatable bonds is 2. The third kappa shape index (κ3) is 1.90. The fraction of sp³-hybridized carbons (Fsp3) is 0.286. The molecule has 1 aromatic heterocycles. The third-order valence-electron chi connectivity index (χ3n) is 3.28. The van der Waals surface area contributed by atoms with Crippen LogP contribution in [0.4, 0.5) is 5.82 Å². The van der Waals surface area contributed by atoms with Crippen LogP contribution >= 0.6 is 15.9 Å². The van der Waals surface area contributed by atoms with Crippen molar-refractivity contribution in [3.8, 4) is 11.4 Å². The second-order valence-electron chi connectivity index (χ2n) is 4.40. The highest BCUT2D eigenvalue weighted by Gasteiger charge is 2.19. The van der Waals surface area contributed by atoms with Gasteiger partial charge in [0.25, 0.3) is 0 Å². The van der Waals surface area contributed by atoms with Gasteiger partial charge in [0, 0.05) is 28.3 Å². The summed E-state index contributed by atoms with van der Waals surface area (Å²) >= 11 is 3.56. The molecule has 0 atom stereocenters. The number of benzene rings is 1. The first-order chi connectivity index (χ1) is 8.79. The number of nitrogens with zero attached hydrogens (tertiary/aromatic N) is 2. The first-order valence-electron chi connectivity index (χ1n) is 6.12. The Kier molecular flexibility index (Phi) is 3.04. The average Bonchev–Trinajstić information content (AvgIpc) is 2.86. The standard InChI is InChI=1S/C14H14BrN3/c1-16-13-10-6-4-8-12(10)17-14(18-13)9-5-2-3-7-11(9)15/h2-3,5,7H,4,6,8H2,1H3,(H,16,17,18). The Morgan fingerprint density at radius 3 is 2.78 bits per heavy atom. The molecule has 0 spiro atoms. The number of aryl methyl sites for hydroxylation is 1. The summed E-state index contributed by atoms with van der Waals surface area (Å²) in [5, 5.41) is 3.19. The van der Waals surface area contributed by atoms with Crippen LogP contribution in [0.15, 0.2) is 28.7 Å². The van der Waals surface area contributed by atoms with Crippen LogP contribution in [0.1, 0.15) is 17.7 Å². The van der Waals surface area contributed by atoms with Gasteiger partial charge in [0.2, 0.25) is 0 Å². The van der Waals surface area contributed by atoms with Crippen LogP contribution in [0.2, 0.25) is 0 Å². The Bertz CT molecular complexity index is 596. The fourth-order valence-electron chi connectivity index (χ4n) is 2.40. The molecular formula is C14H14BrN3. The van der Waals surface area contributed by atoms with Crippen LogP contribution in [0, 0.1) is 0 Å². The molecule has 1 aliphatic carbocycles. The van der Waals surface area contributed by atoms with Crippen molar-refractivity contribution < 1.29 is 0 Å². The van der Waals surface area contributed by atoms with Crippen LogP contribution in [0.3, 0.4) is 0 Å². The molecule has 1 aliphatic rings. The zero-order valence-corrected chi connectivity index (χ0v) is 11.8. The highest BCUT2D eigenvalue weighted by molar-refractivity contribution is 9.10. The van der Waals surface area contributed by atoms with Crippen LogP contribution in [-0.4, -0.2) is 17.0 Å². The summed E-state index contributed by atoms with van der Waals surface area (Å²) in [5.41, 5.74) is 3.53. The van der Waals surface area contributed by atoms with Crippen molar-refractivity contribution in [2.24, 2.45) is 0 Å². The summed E-state index contributed by atoms with van der Waals surface area (Å²) < 4.78 is 1.03. The molecule has 3 nitrogen and oxygen atoms in total. The van der Waals surface area contributed by atoms with Crippen molar-refractivity contribution in [1.29, 1.82) is 0 Å². The molecule has 2 aromatic rings. The summed E-state index contributed by atoms with van der Waals surface area (Å²) in [4.78, 5) is 9.35. The number of hydrogen-bond acceptors (Lipinski definition) is 3. The molecule has 0 saturated heterocycles. The molecule has 1 heterocycles. The Morgan fingerprint density at radius 2 is 2.00 bits per heavy atom. The van der Waals surface area contributed by atoms with Crippen molar-refractivity contribution in [3.63, 3.8) is 0 Å². The number of anilines is 1. The van der Waals surface area contributed by atoms with Crippen molar-refractivity contribution in [2.75, 3.05) is 12.4 Å². The van der Waals surface area contributed by atoms with E-state index in [4.69, 9.17) is 4.98 Å². The minimum atomic E-state index is 0.799. The molecule has 0 aliphatic heterocycles. The smallest absolute Gasteiger partial charge is 0.162 e. The predicted molar refractivity (Wildman–Crippen MR) is 76.7 cm³/mol. The van der Waals surface area contributed by atoms with Gasteiger partial charge in [-0.05, 0) is 25.3 Å². The zero-order chi connectivity index (χ0) is 12.5. The van der Waals surface area contributed by atoms with E-state index in [0.29, 0.717) is 0 Å². The van der Waals surface area contributed by atoms with Gasteiger partial charge in [-0.2, -0.15) is 0 Å². The van der Waals surface area contributed by atoms with Gasteiger partial charge < -0.3 is 5.32 Å². The quantitative estimate of drug-likeness (QED) is 0.923. The van der Waals surface area contributed by atoms with Gasteiger partial charge in [0.15, 0.2) is 5.82 Å². The van der Waals surface area contributed by atoms with E-state index in [1.54, 1.807) is 0 Å². The van der Waals surface area contributed by atoms with Gasteiger partial charge >= 0.3 is 0 Å². The van der Waals surface area contributed by atoms with E-state index in [0.717, 1.165) is 34.5 Å². The molecule has 1 N–H and O–H groups in total. The van der Waals surface area contributed by atoms with Crippen LogP contribution in [-0.2, 0) is 12.8 Å². The van der Waals surface area contributed by atoms with Crippen molar-refractivity contribution in [1.82, 2.24) is 9.97 Å². The largest absolute Gasteiger partial charge is 0.373 e. The molecule has 0 radical (unpaired) electrons. The highest BCUT2D eigenvalue weighted by atomic mass is 79.9. The van der Waals surface area contributed by atoms with Crippen molar-refractivity contribution in [2.45, 2.75) is 19.3 Å². The van der Waals surface area contributed by atoms with E-state index < -0.39 is 0 Å². The lowest BCUT2D eigenvalue weighted by molar-refractivity contribution is 0.900. The lowest BCUT2D eigenvalue weighted by Gasteiger charge is -2.10. The summed E-state index contributed by atoms with van der Waals surface area (Å²) in [6.07, 6.45) is 3.32. The first-order valence-corrected chi connectivity index (χ1v) is 6.91. The number of fused-ring (bicyclic) bond motifs is 1. The van der Waals surface area contributed by atoms with E-state index in [1.807, 2.05) is 31.3 Å². The third-order valence-corrected chi connectivity index (χ3v) is 3.98. The second kappa shape index (κ2) is 4.69. The molecule has 3 rings (SSSR count).